The van der Waals surface area contributed by atoms with Crippen LogP contribution in [-0.2, 0) is 11.3 Å². The van der Waals surface area contributed by atoms with Crippen molar-refractivity contribution in [1.29, 1.82) is 0 Å². The van der Waals surface area contributed by atoms with Gasteiger partial charge >= 0.3 is 0 Å². The number of nitrogens with zero attached hydrogens (tertiary/aromatic N) is 4. The zero-order valence-electron chi connectivity index (χ0n) is 11.1. The lowest BCUT2D eigenvalue weighted by Crippen LogP contribution is -2.39. The Morgan fingerprint density at radius 3 is 2.90 bits per heavy atom. The van der Waals surface area contributed by atoms with Gasteiger partial charge in [-0.15, -0.1) is 0 Å². The number of benzene rings is 1. The molecule has 0 saturated carbocycles. The Hall–Kier alpha value is -2.21. The highest BCUT2D eigenvalue weighted by Crippen LogP contribution is 2.19. The van der Waals surface area contributed by atoms with Gasteiger partial charge in [0.15, 0.2) is 0 Å². The van der Waals surface area contributed by atoms with E-state index in [1.54, 1.807) is 11.0 Å². The highest BCUT2D eigenvalue weighted by molar-refractivity contribution is 5.80. The number of para-hydroxylation sites is 1. The van der Waals surface area contributed by atoms with E-state index in [9.17, 15) is 4.79 Å². The van der Waals surface area contributed by atoms with Gasteiger partial charge in [-0.1, -0.05) is 18.2 Å². The van der Waals surface area contributed by atoms with Crippen LogP contribution in [0.1, 0.15) is 18.5 Å². The average molecular weight is 271 g/mol. The van der Waals surface area contributed by atoms with Crippen molar-refractivity contribution in [3.8, 4) is 5.69 Å². The normalized spacial score (nSPS) is 19.3. The fourth-order valence-electron chi connectivity index (χ4n) is 2.60. The molecule has 1 saturated heterocycles. The van der Waals surface area contributed by atoms with E-state index in [1.807, 2.05) is 30.3 Å². The van der Waals surface area contributed by atoms with Crippen LogP contribution in [0.2, 0.25) is 0 Å². The first-order valence-corrected chi connectivity index (χ1v) is 6.74. The summed E-state index contributed by atoms with van der Waals surface area (Å²) in [5.41, 5.74) is 7.19. The number of carbonyl (C=O) groups is 1. The second-order valence-corrected chi connectivity index (χ2v) is 4.99. The number of likely N-dealkylation sites (tertiary alicyclic amines) is 1. The van der Waals surface area contributed by atoms with Crippen molar-refractivity contribution in [3.05, 3.63) is 42.2 Å². The first-order valence-electron chi connectivity index (χ1n) is 6.74. The van der Waals surface area contributed by atoms with Crippen LogP contribution in [0.15, 0.2) is 36.5 Å². The van der Waals surface area contributed by atoms with Gasteiger partial charge in [0.05, 0.1) is 23.6 Å². The Morgan fingerprint density at radius 1 is 1.35 bits per heavy atom. The smallest absolute Gasteiger partial charge is 0.234 e. The van der Waals surface area contributed by atoms with E-state index in [4.69, 9.17) is 5.73 Å². The predicted octanol–water partition coefficient (Wildman–Crippen LogP) is 0.717. The lowest BCUT2D eigenvalue weighted by atomic mass is 10.2. The maximum Gasteiger partial charge on any atom is 0.234 e. The van der Waals surface area contributed by atoms with E-state index in [1.165, 1.54) is 0 Å². The summed E-state index contributed by atoms with van der Waals surface area (Å²) in [5.74, 6) is -0.252. The number of hydrogen-bond acceptors (Lipinski definition) is 4. The third kappa shape index (κ3) is 2.55. The van der Waals surface area contributed by atoms with Crippen LogP contribution < -0.4 is 5.73 Å². The monoisotopic (exact) mass is 271 g/mol. The first kappa shape index (κ1) is 12.8. The minimum absolute atomic E-state index is 0.170. The molecule has 2 aromatic rings. The number of carbonyl (C=O) groups excluding carboxylic acids is 1. The quantitative estimate of drug-likeness (QED) is 0.888. The molecule has 20 heavy (non-hydrogen) atoms. The Bertz CT molecular complexity index is 595. The Morgan fingerprint density at radius 2 is 2.15 bits per heavy atom. The Kier molecular flexibility index (Phi) is 3.47. The van der Waals surface area contributed by atoms with Gasteiger partial charge in [-0.25, -0.2) is 0 Å². The second kappa shape index (κ2) is 5.42. The molecule has 1 fully saturated rings. The van der Waals surface area contributed by atoms with Gasteiger partial charge in [-0.05, 0) is 31.5 Å². The van der Waals surface area contributed by atoms with Crippen molar-refractivity contribution in [2.45, 2.75) is 25.4 Å². The van der Waals surface area contributed by atoms with Crippen molar-refractivity contribution in [3.63, 3.8) is 0 Å². The Labute approximate surface area is 117 Å². The molecule has 0 aliphatic carbocycles. The van der Waals surface area contributed by atoms with Gasteiger partial charge in [0.2, 0.25) is 5.91 Å². The van der Waals surface area contributed by atoms with Gasteiger partial charge in [0, 0.05) is 6.54 Å². The fourth-order valence-corrected chi connectivity index (χ4v) is 2.60. The number of primary amides is 1. The maximum absolute atomic E-state index is 11.4. The third-order valence-electron chi connectivity index (χ3n) is 3.58. The summed E-state index contributed by atoms with van der Waals surface area (Å²) in [7, 11) is 0. The number of rotatable bonds is 4. The SMILES string of the molecule is NC(=O)C1CCCN1Cc1cnn(-c2ccccc2)n1. The second-order valence-electron chi connectivity index (χ2n) is 4.99. The first-order chi connectivity index (χ1) is 9.74. The van der Waals surface area contributed by atoms with E-state index >= 15 is 0 Å². The summed E-state index contributed by atoms with van der Waals surface area (Å²) in [6, 6.07) is 9.58. The molecule has 1 amide bonds. The van der Waals surface area contributed by atoms with E-state index in [0.717, 1.165) is 30.8 Å². The topological polar surface area (TPSA) is 77.0 Å². The van der Waals surface area contributed by atoms with E-state index < -0.39 is 0 Å². The molecule has 1 unspecified atom stereocenters. The summed E-state index contributed by atoms with van der Waals surface area (Å²) in [4.78, 5) is 15.0. The van der Waals surface area contributed by atoms with Crippen molar-refractivity contribution < 1.29 is 4.79 Å². The number of nitrogens with two attached hydrogens (primary N) is 1. The zero-order valence-corrected chi connectivity index (χ0v) is 11.1. The molecular weight excluding hydrogens is 254 g/mol. The van der Waals surface area contributed by atoms with Gasteiger partial charge in [-0.3, -0.25) is 9.69 Å². The minimum atomic E-state index is -0.252. The van der Waals surface area contributed by atoms with Gasteiger partial charge < -0.3 is 5.73 Å². The van der Waals surface area contributed by atoms with E-state index in [-0.39, 0.29) is 11.9 Å². The molecule has 2 N–H and O–H groups in total. The molecule has 2 heterocycles. The predicted molar refractivity (Wildman–Crippen MR) is 74.0 cm³/mol. The number of amides is 1. The molecule has 1 aliphatic rings. The van der Waals surface area contributed by atoms with Crippen LogP contribution in [0, 0.1) is 0 Å². The molecule has 6 nitrogen and oxygen atoms in total. The van der Waals surface area contributed by atoms with Gasteiger partial charge in [0.25, 0.3) is 0 Å². The third-order valence-corrected chi connectivity index (χ3v) is 3.58. The molecule has 1 atom stereocenters. The highest BCUT2D eigenvalue weighted by Gasteiger charge is 2.29. The molecule has 1 aromatic heterocycles. The lowest BCUT2D eigenvalue weighted by Gasteiger charge is -2.20. The van der Waals surface area contributed by atoms with Crippen LogP contribution in [0.3, 0.4) is 0 Å². The lowest BCUT2D eigenvalue weighted by molar-refractivity contribution is -0.122. The maximum atomic E-state index is 11.4. The average Bonchev–Trinajstić information content (AvgIpc) is 3.09. The summed E-state index contributed by atoms with van der Waals surface area (Å²) < 4.78 is 0. The molecule has 3 rings (SSSR count). The summed E-state index contributed by atoms with van der Waals surface area (Å²) in [6.07, 6.45) is 3.58. The molecule has 0 spiro atoms. The van der Waals surface area contributed by atoms with Gasteiger partial charge in [-0.2, -0.15) is 15.0 Å². The molecule has 1 aromatic carbocycles. The van der Waals surface area contributed by atoms with E-state index in [2.05, 4.69) is 15.1 Å². The van der Waals surface area contributed by atoms with Crippen LogP contribution >= 0.6 is 0 Å². The highest BCUT2D eigenvalue weighted by atomic mass is 16.1. The van der Waals surface area contributed by atoms with Crippen molar-refractivity contribution in [2.24, 2.45) is 5.73 Å². The summed E-state index contributed by atoms with van der Waals surface area (Å²) >= 11 is 0. The van der Waals surface area contributed by atoms with Crippen LogP contribution in [0.25, 0.3) is 5.69 Å². The van der Waals surface area contributed by atoms with E-state index in [0.29, 0.717) is 6.54 Å². The fraction of sp³-hybridized carbons (Fsp3) is 0.357. The van der Waals surface area contributed by atoms with Crippen LogP contribution in [-0.4, -0.2) is 38.4 Å². The van der Waals surface area contributed by atoms with Gasteiger partial charge in [0.1, 0.15) is 0 Å². The molecular formula is C14H17N5O. The standard InChI is InChI=1S/C14H17N5O/c15-14(20)13-7-4-8-18(13)10-11-9-16-19(17-11)12-5-2-1-3-6-12/h1-3,5-6,9,13H,4,7-8,10H2,(H2,15,20). The number of hydrogen-bond donors (Lipinski definition) is 1. The molecule has 6 heteroatoms. The van der Waals surface area contributed by atoms with Crippen molar-refractivity contribution in [1.82, 2.24) is 19.9 Å². The zero-order chi connectivity index (χ0) is 13.9. The largest absolute Gasteiger partial charge is 0.368 e. The van der Waals surface area contributed by atoms with Crippen LogP contribution in [0.5, 0.6) is 0 Å². The summed E-state index contributed by atoms with van der Waals surface area (Å²) in [5, 5.41) is 8.71. The van der Waals surface area contributed by atoms with Crippen molar-refractivity contribution in [2.75, 3.05) is 6.54 Å². The van der Waals surface area contributed by atoms with Crippen molar-refractivity contribution >= 4 is 5.91 Å². The molecule has 104 valence electrons. The van der Waals surface area contributed by atoms with Crippen LogP contribution in [0.4, 0.5) is 0 Å². The molecule has 1 aliphatic heterocycles. The Balaban J connectivity index is 1.73. The number of aromatic nitrogens is 3. The molecule has 0 radical (unpaired) electrons. The minimum Gasteiger partial charge on any atom is -0.368 e. The summed E-state index contributed by atoms with van der Waals surface area (Å²) in [6.45, 7) is 1.49. The molecule has 0 bridgehead atoms.